The molecule has 1 heterocycles. The molecule has 1 nitrogen and oxygen atoms in total. The Morgan fingerprint density at radius 3 is 2.20 bits per heavy atom. The van der Waals surface area contributed by atoms with Crippen molar-refractivity contribution in [2.45, 2.75) is 44.7 Å². The van der Waals surface area contributed by atoms with Gasteiger partial charge in [0.25, 0.3) is 0 Å². The van der Waals surface area contributed by atoms with E-state index in [0.29, 0.717) is 17.7 Å². The molecule has 0 radical (unpaired) electrons. The number of hydrogen-bond acceptors (Lipinski definition) is 1. The van der Waals surface area contributed by atoms with Crippen LogP contribution in [0.25, 0.3) is 0 Å². The summed E-state index contributed by atoms with van der Waals surface area (Å²) in [5.41, 5.74) is 0.704. The van der Waals surface area contributed by atoms with Crippen molar-refractivity contribution in [1.82, 2.24) is 0 Å². The number of ether oxygens (including phenoxy) is 1. The molecule has 0 spiro atoms. The van der Waals surface area contributed by atoms with Crippen LogP contribution in [0.4, 0.5) is 0 Å². The second-order valence-electron chi connectivity index (χ2n) is 5.18. The fourth-order valence-corrected chi connectivity index (χ4v) is 5.02. The molecule has 1 aromatic rings. The third kappa shape index (κ3) is 2.01. The first-order chi connectivity index (χ1) is 7.03. The van der Waals surface area contributed by atoms with Gasteiger partial charge in [-0.15, -0.1) is 0 Å². The average molecular weight is 220 g/mol. The SMILES string of the molecule is C[C@H]1O[C@H]1[C@H](C)[Si](C)(C)c1ccccc1. The van der Waals surface area contributed by atoms with Crippen LogP contribution in [-0.2, 0) is 4.74 Å². The minimum absolute atomic E-state index is 0.482. The smallest absolute Gasteiger partial charge is 0.0860 e. The van der Waals surface area contributed by atoms with Crippen LogP contribution in [0.5, 0.6) is 0 Å². The van der Waals surface area contributed by atoms with Crippen molar-refractivity contribution >= 4 is 13.3 Å². The third-order valence-corrected chi connectivity index (χ3v) is 8.33. The Balaban J connectivity index is 2.19. The van der Waals surface area contributed by atoms with E-state index in [1.165, 1.54) is 0 Å². The van der Waals surface area contributed by atoms with Crippen molar-refractivity contribution in [2.24, 2.45) is 0 Å². The number of rotatable bonds is 3. The van der Waals surface area contributed by atoms with Crippen molar-refractivity contribution in [3.05, 3.63) is 30.3 Å². The van der Waals surface area contributed by atoms with E-state index in [0.717, 1.165) is 0 Å². The molecule has 0 saturated carbocycles. The zero-order valence-corrected chi connectivity index (χ0v) is 11.0. The number of benzene rings is 1. The summed E-state index contributed by atoms with van der Waals surface area (Å²) in [7, 11) is -1.35. The Morgan fingerprint density at radius 2 is 1.73 bits per heavy atom. The van der Waals surface area contributed by atoms with Crippen LogP contribution in [0, 0.1) is 0 Å². The van der Waals surface area contributed by atoms with Gasteiger partial charge in [0.15, 0.2) is 0 Å². The summed E-state index contributed by atoms with van der Waals surface area (Å²) >= 11 is 0. The molecule has 0 bridgehead atoms. The topological polar surface area (TPSA) is 12.5 Å². The second kappa shape index (κ2) is 3.76. The molecule has 0 aliphatic carbocycles. The Labute approximate surface area is 93.5 Å². The van der Waals surface area contributed by atoms with Gasteiger partial charge in [-0.2, -0.15) is 0 Å². The molecule has 1 aromatic carbocycles. The van der Waals surface area contributed by atoms with Crippen LogP contribution in [0.1, 0.15) is 13.8 Å². The zero-order chi connectivity index (χ0) is 11.1. The van der Waals surface area contributed by atoms with Crippen molar-refractivity contribution < 1.29 is 4.74 Å². The lowest BCUT2D eigenvalue weighted by molar-refractivity contribution is 0.373. The fourth-order valence-electron chi connectivity index (χ4n) is 2.27. The predicted molar refractivity (Wildman–Crippen MR) is 67.3 cm³/mol. The Hall–Kier alpha value is -0.603. The normalized spacial score (nSPS) is 27.5. The first-order valence-electron chi connectivity index (χ1n) is 5.74. The van der Waals surface area contributed by atoms with E-state index < -0.39 is 8.07 Å². The average Bonchev–Trinajstić information content (AvgIpc) is 2.95. The molecule has 2 rings (SSSR count). The molecule has 0 aromatic heterocycles. The van der Waals surface area contributed by atoms with Crippen LogP contribution in [-0.4, -0.2) is 20.3 Å². The van der Waals surface area contributed by atoms with E-state index >= 15 is 0 Å². The van der Waals surface area contributed by atoms with Crippen LogP contribution in [0.2, 0.25) is 18.6 Å². The molecule has 3 atom stereocenters. The molecule has 2 heteroatoms. The Bertz CT molecular complexity index is 334. The Morgan fingerprint density at radius 1 is 1.20 bits per heavy atom. The molecular weight excluding hydrogens is 200 g/mol. The number of epoxide rings is 1. The van der Waals surface area contributed by atoms with Gasteiger partial charge >= 0.3 is 0 Å². The standard InChI is InChI=1S/C13H20OSi/c1-10-13(14-10)11(2)15(3,4)12-8-6-5-7-9-12/h5-11,13H,1-4H3/t10-,11+,13-/m1/s1. The van der Waals surface area contributed by atoms with Crippen molar-refractivity contribution in [2.75, 3.05) is 0 Å². The van der Waals surface area contributed by atoms with Gasteiger partial charge in [-0.25, -0.2) is 0 Å². The van der Waals surface area contributed by atoms with E-state index in [1.54, 1.807) is 5.19 Å². The van der Waals surface area contributed by atoms with Gasteiger partial charge in [-0.3, -0.25) is 0 Å². The van der Waals surface area contributed by atoms with Gasteiger partial charge in [-0.1, -0.05) is 55.5 Å². The second-order valence-corrected chi connectivity index (χ2v) is 10.1. The third-order valence-electron chi connectivity index (χ3n) is 3.91. The molecule has 0 unspecified atom stereocenters. The lowest BCUT2D eigenvalue weighted by Gasteiger charge is -2.29. The molecule has 1 aliphatic heterocycles. The quantitative estimate of drug-likeness (QED) is 0.564. The highest BCUT2D eigenvalue weighted by molar-refractivity contribution is 6.91. The maximum Gasteiger partial charge on any atom is 0.0860 e. The van der Waals surface area contributed by atoms with Gasteiger partial charge in [0.1, 0.15) is 0 Å². The van der Waals surface area contributed by atoms with Gasteiger partial charge in [-0.05, 0) is 12.5 Å². The molecule has 0 N–H and O–H groups in total. The minimum atomic E-state index is -1.35. The van der Waals surface area contributed by atoms with Gasteiger partial charge < -0.3 is 4.74 Å². The van der Waals surface area contributed by atoms with Crippen LogP contribution in [0.3, 0.4) is 0 Å². The summed E-state index contributed by atoms with van der Waals surface area (Å²) in [5.74, 6) is 0. The highest BCUT2D eigenvalue weighted by Gasteiger charge is 2.46. The van der Waals surface area contributed by atoms with Crippen LogP contribution in [0.15, 0.2) is 30.3 Å². The minimum Gasteiger partial charge on any atom is -0.370 e. The zero-order valence-electron chi connectivity index (χ0n) is 10.0. The molecule has 1 saturated heterocycles. The molecule has 82 valence electrons. The highest BCUT2D eigenvalue weighted by Crippen LogP contribution is 2.38. The Kier molecular flexibility index (Phi) is 2.73. The van der Waals surface area contributed by atoms with E-state index in [9.17, 15) is 0 Å². The molecule has 15 heavy (non-hydrogen) atoms. The van der Waals surface area contributed by atoms with E-state index in [1.807, 2.05) is 0 Å². The summed E-state index contributed by atoms with van der Waals surface area (Å²) in [6, 6.07) is 10.9. The molecular formula is C13H20OSi. The lowest BCUT2D eigenvalue weighted by atomic mass is 10.3. The first-order valence-corrected chi connectivity index (χ1v) is 8.82. The predicted octanol–water partition coefficient (Wildman–Crippen LogP) is 2.78. The summed E-state index contributed by atoms with van der Waals surface area (Å²) in [5, 5.41) is 1.54. The monoisotopic (exact) mass is 220 g/mol. The summed E-state index contributed by atoms with van der Waals surface area (Å²) in [4.78, 5) is 0. The van der Waals surface area contributed by atoms with Crippen molar-refractivity contribution in [1.29, 1.82) is 0 Å². The fraction of sp³-hybridized carbons (Fsp3) is 0.538. The summed E-state index contributed by atoms with van der Waals surface area (Å²) < 4.78 is 5.62. The first kappa shape index (κ1) is 10.9. The van der Waals surface area contributed by atoms with Crippen LogP contribution < -0.4 is 5.19 Å². The van der Waals surface area contributed by atoms with E-state index in [2.05, 4.69) is 57.3 Å². The maximum atomic E-state index is 5.62. The number of hydrogen-bond donors (Lipinski definition) is 0. The summed E-state index contributed by atoms with van der Waals surface area (Å²) in [6.07, 6.45) is 0.988. The van der Waals surface area contributed by atoms with Gasteiger partial charge in [0.05, 0.1) is 20.3 Å². The van der Waals surface area contributed by atoms with Gasteiger partial charge in [0.2, 0.25) is 0 Å². The largest absolute Gasteiger partial charge is 0.370 e. The highest BCUT2D eigenvalue weighted by atomic mass is 28.3. The van der Waals surface area contributed by atoms with Gasteiger partial charge in [0, 0.05) is 0 Å². The van der Waals surface area contributed by atoms with Crippen molar-refractivity contribution in [3.63, 3.8) is 0 Å². The molecule has 1 aliphatic rings. The van der Waals surface area contributed by atoms with Crippen LogP contribution >= 0.6 is 0 Å². The van der Waals surface area contributed by atoms with E-state index in [-0.39, 0.29) is 0 Å². The summed E-state index contributed by atoms with van der Waals surface area (Å²) in [6.45, 7) is 9.42. The van der Waals surface area contributed by atoms with E-state index in [4.69, 9.17) is 4.74 Å². The lowest BCUT2D eigenvalue weighted by Crippen LogP contribution is -2.47. The maximum absolute atomic E-state index is 5.62. The van der Waals surface area contributed by atoms with Crippen molar-refractivity contribution in [3.8, 4) is 0 Å². The molecule has 0 amide bonds. The molecule has 1 fully saturated rings.